The molecule has 0 atom stereocenters. The molecule has 1 aromatic carbocycles. The molecule has 0 aliphatic heterocycles. The third-order valence-electron chi connectivity index (χ3n) is 1.55. The van der Waals surface area contributed by atoms with E-state index >= 15 is 0 Å². The van der Waals surface area contributed by atoms with Crippen LogP contribution in [0.2, 0.25) is 0 Å². The van der Waals surface area contributed by atoms with Gasteiger partial charge in [-0.2, -0.15) is 0 Å². The Morgan fingerprint density at radius 3 is 2.92 bits per heavy atom. The lowest BCUT2D eigenvalue weighted by atomic mass is 10.1. The van der Waals surface area contributed by atoms with E-state index in [1.54, 1.807) is 12.1 Å². The Balaban J connectivity index is 2.68. The lowest BCUT2D eigenvalue weighted by Gasteiger charge is -1.99. The first-order chi connectivity index (χ1) is 6.24. The van der Waals surface area contributed by atoms with Crippen molar-refractivity contribution >= 4 is 15.9 Å². The van der Waals surface area contributed by atoms with E-state index in [0.29, 0.717) is 17.4 Å². The molecule has 1 rings (SSSR count). The van der Waals surface area contributed by atoms with Crippen molar-refractivity contribution in [2.45, 2.75) is 6.42 Å². The molecule has 0 aromatic heterocycles. The number of hydrogen-bond donors (Lipinski definition) is 0. The first-order valence-electron chi connectivity index (χ1n) is 3.69. The summed E-state index contributed by atoms with van der Waals surface area (Å²) in [6.45, 7) is 0.359. The third-order valence-corrected chi connectivity index (χ3v) is 2.19. The van der Waals surface area contributed by atoms with E-state index in [0.717, 1.165) is 5.56 Å². The van der Waals surface area contributed by atoms with Crippen LogP contribution >= 0.6 is 15.9 Å². The van der Waals surface area contributed by atoms with Gasteiger partial charge in [0.25, 0.3) is 0 Å². The van der Waals surface area contributed by atoms with Gasteiger partial charge in [-0.1, -0.05) is 11.2 Å². The maximum absolute atomic E-state index is 12.9. The Hall–Kier alpha value is -1.06. The summed E-state index contributed by atoms with van der Waals surface area (Å²) in [5.74, 6) is -0.293. The standard InChI is InChI=1S/C8H7BrFN3/c9-7-2-1-6(5-8(7)10)3-4-12-13-11/h1-2,5H,3-4H2. The Morgan fingerprint density at radius 2 is 2.31 bits per heavy atom. The zero-order chi connectivity index (χ0) is 9.68. The van der Waals surface area contributed by atoms with Crippen LogP contribution in [-0.2, 0) is 6.42 Å². The van der Waals surface area contributed by atoms with Crippen LogP contribution in [0.1, 0.15) is 5.56 Å². The van der Waals surface area contributed by atoms with Crippen molar-refractivity contribution < 1.29 is 4.39 Å². The molecular weight excluding hydrogens is 237 g/mol. The first-order valence-corrected chi connectivity index (χ1v) is 4.48. The van der Waals surface area contributed by atoms with Gasteiger partial charge in [0.05, 0.1) is 4.47 Å². The highest BCUT2D eigenvalue weighted by molar-refractivity contribution is 9.10. The summed E-state index contributed by atoms with van der Waals surface area (Å²) >= 11 is 3.05. The maximum Gasteiger partial charge on any atom is 0.137 e. The van der Waals surface area contributed by atoms with Crippen molar-refractivity contribution in [3.8, 4) is 0 Å². The Bertz CT molecular complexity index is 347. The minimum Gasteiger partial charge on any atom is -0.206 e. The molecule has 0 amide bonds. The van der Waals surface area contributed by atoms with Crippen molar-refractivity contribution in [2.24, 2.45) is 5.11 Å². The monoisotopic (exact) mass is 243 g/mol. The van der Waals surface area contributed by atoms with E-state index in [9.17, 15) is 4.39 Å². The zero-order valence-electron chi connectivity index (χ0n) is 6.74. The summed E-state index contributed by atoms with van der Waals surface area (Å²) < 4.78 is 13.4. The van der Waals surface area contributed by atoms with Crippen LogP contribution in [0.4, 0.5) is 4.39 Å². The SMILES string of the molecule is [N-]=[N+]=NCCc1ccc(Br)c(F)c1. The van der Waals surface area contributed by atoms with Gasteiger partial charge in [-0.05, 0) is 45.6 Å². The van der Waals surface area contributed by atoms with Crippen LogP contribution in [-0.4, -0.2) is 6.54 Å². The molecule has 0 bridgehead atoms. The fourth-order valence-corrected chi connectivity index (χ4v) is 1.17. The van der Waals surface area contributed by atoms with Crippen molar-refractivity contribution in [3.05, 3.63) is 44.5 Å². The Morgan fingerprint density at radius 1 is 1.54 bits per heavy atom. The highest BCUT2D eigenvalue weighted by Gasteiger charge is 1.99. The molecule has 0 radical (unpaired) electrons. The summed E-state index contributed by atoms with van der Waals surface area (Å²) in [7, 11) is 0. The number of benzene rings is 1. The molecule has 0 saturated heterocycles. The van der Waals surface area contributed by atoms with Crippen LogP contribution < -0.4 is 0 Å². The van der Waals surface area contributed by atoms with E-state index in [1.807, 2.05) is 0 Å². The zero-order valence-corrected chi connectivity index (χ0v) is 8.33. The quantitative estimate of drug-likeness (QED) is 0.444. The normalized spacial score (nSPS) is 9.38. The van der Waals surface area contributed by atoms with Crippen molar-refractivity contribution in [3.63, 3.8) is 0 Å². The summed E-state index contributed by atoms with van der Waals surface area (Å²) in [5, 5.41) is 3.37. The minimum atomic E-state index is -0.293. The van der Waals surface area contributed by atoms with Gasteiger partial charge in [0, 0.05) is 11.5 Å². The van der Waals surface area contributed by atoms with Crippen molar-refractivity contribution in [1.82, 2.24) is 0 Å². The lowest BCUT2D eigenvalue weighted by Crippen LogP contribution is -1.89. The van der Waals surface area contributed by atoms with Crippen LogP contribution in [0.3, 0.4) is 0 Å². The average molecular weight is 244 g/mol. The number of halogens is 2. The van der Waals surface area contributed by atoms with Crippen LogP contribution in [0.5, 0.6) is 0 Å². The predicted octanol–water partition coefficient (Wildman–Crippen LogP) is 3.44. The largest absolute Gasteiger partial charge is 0.206 e. The smallest absolute Gasteiger partial charge is 0.137 e. The maximum atomic E-state index is 12.9. The van der Waals surface area contributed by atoms with E-state index in [1.165, 1.54) is 6.07 Å². The molecular formula is C8H7BrFN3. The highest BCUT2D eigenvalue weighted by atomic mass is 79.9. The van der Waals surface area contributed by atoms with Gasteiger partial charge < -0.3 is 0 Å². The van der Waals surface area contributed by atoms with Crippen molar-refractivity contribution in [1.29, 1.82) is 0 Å². The molecule has 0 aliphatic carbocycles. The molecule has 0 heterocycles. The second-order valence-electron chi connectivity index (χ2n) is 2.45. The van der Waals surface area contributed by atoms with Crippen LogP contribution in [0.25, 0.3) is 10.4 Å². The Kier molecular flexibility index (Phi) is 3.73. The molecule has 0 spiro atoms. The van der Waals surface area contributed by atoms with Gasteiger partial charge in [0.2, 0.25) is 0 Å². The summed E-state index contributed by atoms with van der Waals surface area (Å²) in [4.78, 5) is 2.61. The van der Waals surface area contributed by atoms with Crippen LogP contribution in [0.15, 0.2) is 27.8 Å². The second kappa shape index (κ2) is 4.84. The predicted molar refractivity (Wildman–Crippen MR) is 51.8 cm³/mol. The third kappa shape index (κ3) is 3.05. The van der Waals surface area contributed by atoms with E-state index in [-0.39, 0.29) is 5.82 Å². The summed E-state index contributed by atoms with van der Waals surface area (Å²) in [5.41, 5.74) is 8.85. The molecule has 0 N–H and O–H groups in total. The molecule has 5 heteroatoms. The van der Waals surface area contributed by atoms with E-state index < -0.39 is 0 Å². The first kappa shape index (κ1) is 10.0. The van der Waals surface area contributed by atoms with E-state index in [2.05, 4.69) is 26.0 Å². The van der Waals surface area contributed by atoms with Gasteiger partial charge in [-0.15, -0.1) is 0 Å². The number of rotatable bonds is 3. The van der Waals surface area contributed by atoms with E-state index in [4.69, 9.17) is 5.53 Å². The average Bonchev–Trinajstić information content (AvgIpc) is 2.12. The number of hydrogen-bond acceptors (Lipinski definition) is 1. The van der Waals surface area contributed by atoms with Gasteiger partial charge in [0.15, 0.2) is 0 Å². The van der Waals surface area contributed by atoms with Gasteiger partial charge >= 0.3 is 0 Å². The van der Waals surface area contributed by atoms with Crippen LogP contribution in [0, 0.1) is 5.82 Å². The summed E-state index contributed by atoms with van der Waals surface area (Å²) in [6.07, 6.45) is 0.564. The molecule has 3 nitrogen and oxygen atoms in total. The van der Waals surface area contributed by atoms with Crippen molar-refractivity contribution in [2.75, 3.05) is 6.54 Å². The van der Waals surface area contributed by atoms with Gasteiger partial charge in [-0.3, -0.25) is 0 Å². The highest BCUT2D eigenvalue weighted by Crippen LogP contribution is 2.16. The minimum absolute atomic E-state index is 0.293. The molecule has 0 saturated carbocycles. The second-order valence-corrected chi connectivity index (χ2v) is 3.31. The van der Waals surface area contributed by atoms with Gasteiger partial charge in [0.1, 0.15) is 5.82 Å². The fourth-order valence-electron chi connectivity index (χ4n) is 0.919. The number of azide groups is 1. The molecule has 0 unspecified atom stereocenters. The molecule has 68 valence electrons. The Labute approximate surface area is 83.3 Å². The molecule has 13 heavy (non-hydrogen) atoms. The fraction of sp³-hybridized carbons (Fsp3) is 0.250. The molecule has 0 fully saturated rings. The topological polar surface area (TPSA) is 48.8 Å². The summed E-state index contributed by atoms with van der Waals surface area (Å²) in [6, 6.07) is 4.86. The molecule has 0 aliphatic rings. The lowest BCUT2D eigenvalue weighted by molar-refractivity contribution is 0.618. The van der Waals surface area contributed by atoms with Gasteiger partial charge in [-0.25, -0.2) is 4.39 Å². The number of nitrogens with zero attached hydrogens (tertiary/aromatic N) is 3. The molecule has 1 aromatic rings.